The lowest BCUT2D eigenvalue weighted by Gasteiger charge is -2.17. The summed E-state index contributed by atoms with van der Waals surface area (Å²) in [4.78, 5) is 11.2. The fourth-order valence-corrected chi connectivity index (χ4v) is 3.73. The van der Waals surface area contributed by atoms with Crippen LogP contribution in [0.15, 0.2) is 85.1 Å². The second-order valence-electron chi connectivity index (χ2n) is 6.82. The van der Waals surface area contributed by atoms with Gasteiger partial charge in [0.1, 0.15) is 5.75 Å². The van der Waals surface area contributed by atoms with Gasteiger partial charge < -0.3 is 9.14 Å². The Hall–Kier alpha value is -3.74. The average Bonchev–Trinajstić information content (AvgIpc) is 3.12. The van der Waals surface area contributed by atoms with Gasteiger partial charge in [-0.25, -0.2) is 0 Å². The number of nitro groups is 1. The maximum atomic E-state index is 12.5. The highest BCUT2D eigenvalue weighted by Gasteiger charge is 2.27. The predicted octanol–water partition coefficient (Wildman–Crippen LogP) is 5.62. The van der Waals surface area contributed by atoms with Crippen molar-refractivity contribution in [2.45, 2.75) is 12.5 Å². The van der Waals surface area contributed by atoms with E-state index in [9.17, 15) is 18.9 Å². The molecule has 4 rings (SSSR count). The number of aromatic nitrogens is 1. The van der Waals surface area contributed by atoms with E-state index in [0.717, 1.165) is 22.3 Å². The summed E-state index contributed by atoms with van der Waals surface area (Å²) in [5, 5.41) is 11.5. The van der Waals surface area contributed by atoms with Gasteiger partial charge in [0.25, 0.3) is 0 Å². The van der Waals surface area contributed by atoms with Crippen LogP contribution in [0, 0.1) is 10.1 Å². The quantitative estimate of drug-likeness (QED) is 0.295. The SMILES string of the molecule is O=[N+]([O-])CC(c1ccc(OC(F)F)cc1)c1c(-c2ccccc2)cc2ccccn12. The van der Waals surface area contributed by atoms with E-state index in [1.165, 1.54) is 12.1 Å². The Morgan fingerprint density at radius 2 is 1.67 bits per heavy atom. The molecule has 0 saturated heterocycles. The van der Waals surface area contributed by atoms with Gasteiger partial charge in [-0.05, 0) is 41.5 Å². The van der Waals surface area contributed by atoms with Gasteiger partial charge in [0.2, 0.25) is 6.54 Å². The van der Waals surface area contributed by atoms with Crippen LogP contribution >= 0.6 is 0 Å². The number of halogens is 2. The molecular weight excluding hydrogens is 390 g/mol. The number of benzene rings is 2. The van der Waals surface area contributed by atoms with E-state index in [4.69, 9.17) is 0 Å². The number of alkyl halides is 2. The highest BCUT2D eigenvalue weighted by molar-refractivity contribution is 5.75. The summed E-state index contributed by atoms with van der Waals surface area (Å²) in [6.45, 7) is -3.26. The molecule has 0 aliphatic carbocycles. The summed E-state index contributed by atoms with van der Waals surface area (Å²) in [6, 6.07) is 23.4. The zero-order valence-corrected chi connectivity index (χ0v) is 15.8. The molecule has 4 aromatic rings. The van der Waals surface area contributed by atoms with Gasteiger partial charge in [0.15, 0.2) is 0 Å². The molecule has 0 fully saturated rings. The van der Waals surface area contributed by atoms with Crippen molar-refractivity contribution in [2.75, 3.05) is 6.54 Å². The van der Waals surface area contributed by atoms with Gasteiger partial charge in [-0.1, -0.05) is 48.5 Å². The summed E-state index contributed by atoms with van der Waals surface area (Å²) < 4.78 is 31.3. The number of fused-ring (bicyclic) bond motifs is 1. The highest BCUT2D eigenvalue weighted by atomic mass is 19.3. The third-order valence-corrected chi connectivity index (χ3v) is 4.97. The molecule has 7 heteroatoms. The minimum absolute atomic E-state index is 0.0110. The van der Waals surface area contributed by atoms with Crippen LogP contribution in [0.25, 0.3) is 16.6 Å². The fraction of sp³-hybridized carbons (Fsp3) is 0.130. The Bertz CT molecular complexity index is 1160. The molecule has 0 N–H and O–H groups in total. The molecule has 0 bridgehead atoms. The lowest BCUT2D eigenvalue weighted by Crippen LogP contribution is -2.16. The third-order valence-electron chi connectivity index (χ3n) is 4.97. The molecule has 1 unspecified atom stereocenters. The van der Waals surface area contributed by atoms with Crippen molar-refractivity contribution in [3.63, 3.8) is 0 Å². The maximum absolute atomic E-state index is 12.5. The third kappa shape index (κ3) is 4.00. The topological polar surface area (TPSA) is 56.8 Å². The van der Waals surface area contributed by atoms with Crippen LogP contribution in [0.4, 0.5) is 8.78 Å². The Labute approximate surface area is 171 Å². The summed E-state index contributed by atoms with van der Waals surface area (Å²) in [6.07, 6.45) is 1.87. The van der Waals surface area contributed by atoms with E-state index < -0.39 is 12.5 Å². The van der Waals surface area contributed by atoms with Crippen molar-refractivity contribution in [3.8, 4) is 16.9 Å². The lowest BCUT2D eigenvalue weighted by atomic mass is 9.91. The van der Waals surface area contributed by atoms with Gasteiger partial charge in [0.05, 0.1) is 5.92 Å². The molecule has 0 aliphatic rings. The normalized spacial score (nSPS) is 12.2. The van der Waals surface area contributed by atoms with Gasteiger partial charge in [0, 0.05) is 27.9 Å². The van der Waals surface area contributed by atoms with Crippen LogP contribution in [-0.4, -0.2) is 22.5 Å². The first-order valence-electron chi connectivity index (χ1n) is 9.35. The van der Waals surface area contributed by atoms with Crippen molar-refractivity contribution >= 4 is 5.52 Å². The first-order valence-corrected chi connectivity index (χ1v) is 9.35. The van der Waals surface area contributed by atoms with E-state index in [1.54, 1.807) is 12.1 Å². The molecule has 1 atom stereocenters. The first kappa shape index (κ1) is 19.6. The number of pyridine rings is 1. The Kier molecular flexibility index (Phi) is 5.43. The van der Waals surface area contributed by atoms with Gasteiger partial charge in [-0.3, -0.25) is 10.1 Å². The minimum Gasteiger partial charge on any atom is -0.435 e. The molecule has 2 heterocycles. The zero-order chi connectivity index (χ0) is 21.1. The van der Waals surface area contributed by atoms with Crippen molar-refractivity contribution < 1.29 is 18.4 Å². The van der Waals surface area contributed by atoms with Crippen molar-refractivity contribution in [2.24, 2.45) is 0 Å². The van der Waals surface area contributed by atoms with E-state index in [-0.39, 0.29) is 17.2 Å². The van der Waals surface area contributed by atoms with Crippen LogP contribution in [0.5, 0.6) is 5.75 Å². The Balaban J connectivity index is 1.88. The number of rotatable bonds is 7. The van der Waals surface area contributed by atoms with Gasteiger partial charge in [-0.15, -0.1) is 0 Å². The standard InChI is InChI=1S/C23H18F2N2O3/c24-23(25)30-19-11-9-17(10-12-19)21(15-27(28)29)22-20(16-6-2-1-3-7-16)14-18-8-4-5-13-26(18)22/h1-14,21,23H,15H2. The van der Waals surface area contributed by atoms with Crippen LogP contribution in [0.3, 0.4) is 0 Å². The summed E-state index contributed by atoms with van der Waals surface area (Å²) >= 11 is 0. The number of hydrogen-bond donors (Lipinski definition) is 0. The number of hydrogen-bond acceptors (Lipinski definition) is 3. The summed E-state index contributed by atoms with van der Waals surface area (Å²) in [7, 11) is 0. The molecule has 2 aromatic heterocycles. The molecule has 0 spiro atoms. The van der Waals surface area contributed by atoms with E-state index >= 15 is 0 Å². The Morgan fingerprint density at radius 3 is 2.33 bits per heavy atom. The predicted molar refractivity (Wildman–Crippen MR) is 110 cm³/mol. The molecule has 0 aliphatic heterocycles. The molecule has 5 nitrogen and oxygen atoms in total. The van der Waals surface area contributed by atoms with Crippen molar-refractivity contribution in [1.29, 1.82) is 0 Å². The van der Waals surface area contributed by atoms with Crippen LogP contribution in [0.1, 0.15) is 17.2 Å². The molecule has 0 amide bonds. The average molecular weight is 408 g/mol. The van der Waals surface area contributed by atoms with Crippen LogP contribution in [-0.2, 0) is 0 Å². The molecule has 2 aromatic carbocycles. The summed E-state index contributed by atoms with van der Waals surface area (Å²) in [5.41, 5.74) is 4.17. The first-order chi connectivity index (χ1) is 14.5. The smallest absolute Gasteiger partial charge is 0.387 e. The highest BCUT2D eigenvalue weighted by Crippen LogP contribution is 2.36. The van der Waals surface area contributed by atoms with Crippen molar-refractivity contribution in [1.82, 2.24) is 4.40 Å². The Morgan fingerprint density at radius 1 is 0.967 bits per heavy atom. The van der Waals surface area contributed by atoms with Gasteiger partial charge >= 0.3 is 6.61 Å². The van der Waals surface area contributed by atoms with E-state index in [1.807, 2.05) is 65.2 Å². The zero-order valence-electron chi connectivity index (χ0n) is 15.8. The second kappa shape index (κ2) is 8.32. The molecule has 152 valence electrons. The fourth-order valence-electron chi connectivity index (χ4n) is 3.73. The maximum Gasteiger partial charge on any atom is 0.387 e. The van der Waals surface area contributed by atoms with Crippen LogP contribution < -0.4 is 4.74 Å². The summed E-state index contributed by atoms with van der Waals surface area (Å²) in [5.74, 6) is -0.572. The molecule has 0 radical (unpaired) electrons. The van der Waals surface area contributed by atoms with Gasteiger partial charge in [-0.2, -0.15) is 8.78 Å². The van der Waals surface area contributed by atoms with Crippen LogP contribution in [0.2, 0.25) is 0 Å². The molecule has 0 saturated carbocycles. The second-order valence-corrected chi connectivity index (χ2v) is 6.82. The molecular formula is C23H18F2N2O3. The number of nitrogens with zero attached hydrogens (tertiary/aromatic N) is 2. The lowest BCUT2D eigenvalue weighted by molar-refractivity contribution is -0.481. The molecule has 30 heavy (non-hydrogen) atoms. The van der Waals surface area contributed by atoms with E-state index in [0.29, 0.717) is 5.56 Å². The number of ether oxygens (including phenoxy) is 1. The minimum atomic E-state index is -2.93. The van der Waals surface area contributed by atoms with E-state index in [2.05, 4.69) is 4.74 Å². The van der Waals surface area contributed by atoms with Crippen molar-refractivity contribution in [3.05, 3.63) is 106 Å². The monoisotopic (exact) mass is 408 g/mol. The largest absolute Gasteiger partial charge is 0.435 e.